The molecule has 5 heteroatoms. The number of nitriles is 1. The van der Waals surface area contributed by atoms with E-state index in [1.807, 2.05) is 13.8 Å². The van der Waals surface area contributed by atoms with Crippen LogP contribution in [0, 0.1) is 28.4 Å². The van der Waals surface area contributed by atoms with Crippen LogP contribution in [0.5, 0.6) is 0 Å². The number of nitrogens with one attached hydrogen (secondary N) is 1. The molecule has 0 aliphatic carbocycles. The summed E-state index contributed by atoms with van der Waals surface area (Å²) in [5, 5.41) is 11.8. The Labute approximate surface area is 114 Å². The maximum atomic E-state index is 13.5. The van der Waals surface area contributed by atoms with Gasteiger partial charge in [-0.05, 0) is 48.7 Å². The van der Waals surface area contributed by atoms with Gasteiger partial charge in [0.05, 0.1) is 17.2 Å². The molecule has 0 spiro atoms. The molecule has 0 unspecified atom stereocenters. The van der Waals surface area contributed by atoms with Gasteiger partial charge in [0, 0.05) is 17.1 Å². The summed E-state index contributed by atoms with van der Waals surface area (Å²) < 4.78 is 26.7. The van der Waals surface area contributed by atoms with Gasteiger partial charge >= 0.3 is 0 Å². The lowest BCUT2D eigenvalue weighted by Gasteiger charge is -2.15. The van der Waals surface area contributed by atoms with Gasteiger partial charge in [-0.2, -0.15) is 5.26 Å². The second-order valence-electron chi connectivity index (χ2n) is 4.77. The summed E-state index contributed by atoms with van der Waals surface area (Å²) in [6, 6.07) is 4.26. The van der Waals surface area contributed by atoms with Crippen molar-refractivity contribution < 1.29 is 8.78 Å². The molecule has 1 aromatic rings. The van der Waals surface area contributed by atoms with Crippen LogP contribution in [0.15, 0.2) is 16.6 Å². The van der Waals surface area contributed by atoms with Crippen LogP contribution in [0.2, 0.25) is 0 Å². The maximum Gasteiger partial charge on any atom is 0.150 e. The van der Waals surface area contributed by atoms with Gasteiger partial charge in [-0.3, -0.25) is 0 Å². The van der Waals surface area contributed by atoms with E-state index in [9.17, 15) is 8.78 Å². The lowest BCUT2D eigenvalue weighted by Crippen LogP contribution is -2.12. The van der Waals surface area contributed by atoms with Crippen molar-refractivity contribution in [2.24, 2.45) is 5.41 Å². The number of nitrogens with zero attached hydrogens (tertiary/aromatic N) is 1. The van der Waals surface area contributed by atoms with Crippen molar-refractivity contribution in [1.82, 2.24) is 0 Å². The SMILES string of the molecule is CC(C)(C#N)CCCNc1c(F)cc(F)cc1Br. The van der Waals surface area contributed by atoms with Crippen molar-refractivity contribution in [3.63, 3.8) is 0 Å². The highest BCUT2D eigenvalue weighted by Gasteiger charge is 2.16. The summed E-state index contributed by atoms with van der Waals surface area (Å²) >= 11 is 3.11. The van der Waals surface area contributed by atoms with E-state index in [2.05, 4.69) is 27.3 Å². The van der Waals surface area contributed by atoms with Crippen molar-refractivity contribution >= 4 is 21.6 Å². The van der Waals surface area contributed by atoms with Crippen LogP contribution in [-0.4, -0.2) is 6.54 Å². The summed E-state index contributed by atoms with van der Waals surface area (Å²) in [5.74, 6) is -1.24. The number of hydrogen-bond acceptors (Lipinski definition) is 2. The second-order valence-corrected chi connectivity index (χ2v) is 5.62. The minimum atomic E-state index is -0.624. The molecule has 0 amide bonds. The van der Waals surface area contributed by atoms with Crippen LogP contribution in [0.3, 0.4) is 0 Å². The lowest BCUT2D eigenvalue weighted by atomic mass is 9.90. The molecule has 0 aliphatic rings. The first-order chi connectivity index (χ1) is 8.35. The Morgan fingerprint density at radius 1 is 1.39 bits per heavy atom. The van der Waals surface area contributed by atoms with E-state index < -0.39 is 11.6 Å². The monoisotopic (exact) mass is 316 g/mol. The zero-order valence-corrected chi connectivity index (χ0v) is 11.9. The number of benzene rings is 1. The zero-order chi connectivity index (χ0) is 13.8. The molecule has 0 saturated heterocycles. The molecular weight excluding hydrogens is 302 g/mol. The van der Waals surface area contributed by atoms with Gasteiger partial charge in [-0.1, -0.05) is 0 Å². The standard InChI is InChI=1S/C13H15BrF2N2/c1-13(2,8-17)4-3-5-18-12-10(14)6-9(15)7-11(12)16/h6-7,18H,3-5H2,1-2H3. The summed E-state index contributed by atoms with van der Waals surface area (Å²) in [6.45, 7) is 4.26. The van der Waals surface area contributed by atoms with Crippen LogP contribution in [0.25, 0.3) is 0 Å². The minimum absolute atomic E-state index is 0.256. The summed E-state index contributed by atoms with van der Waals surface area (Å²) in [7, 11) is 0. The Balaban J connectivity index is 2.53. The quantitative estimate of drug-likeness (QED) is 0.813. The molecule has 1 rings (SSSR count). The van der Waals surface area contributed by atoms with Crippen LogP contribution in [0.1, 0.15) is 26.7 Å². The maximum absolute atomic E-state index is 13.5. The molecule has 0 bridgehead atoms. The highest BCUT2D eigenvalue weighted by Crippen LogP contribution is 2.27. The summed E-state index contributed by atoms with van der Waals surface area (Å²) in [4.78, 5) is 0. The molecular formula is C13H15BrF2N2. The van der Waals surface area contributed by atoms with Gasteiger partial charge < -0.3 is 5.32 Å². The molecule has 0 aliphatic heterocycles. The normalized spacial score (nSPS) is 11.1. The van der Waals surface area contributed by atoms with Crippen molar-refractivity contribution in [3.8, 4) is 6.07 Å². The Hall–Kier alpha value is -1.15. The Kier molecular flexibility index (Phi) is 5.09. The smallest absolute Gasteiger partial charge is 0.150 e. The van der Waals surface area contributed by atoms with E-state index in [1.165, 1.54) is 6.07 Å². The van der Waals surface area contributed by atoms with Crippen molar-refractivity contribution in [2.45, 2.75) is 26.7 Å². The van der Waals surface area contributed by atoms with E-state index in [0.717, 1.165) is 18.9 Å². The van der Waals surface area contributed by atoms with Crippen LogP contribution in [-0.2, 0) is 0 Å². The molecule has 18 heavy (non-hydrogen) atoms. The topological polar surface area (TPSA) is 35.8 Å². The first-order valence-electron chi connectivity index (χ1n) is 5.65. The fourth-order valence-corrected chi connectivity index (χ4v) is 2.06. The fourth-order valence-electron chi connectivity index (χ4n) is 1.51. The number of anilines is 1. The van der Waals surface area contributed by atoms with E-state index in [4.69, 9.17) is 5.26 Å². The van der Waals surface area contributed by atoms with Gasteiger partial charge in [-0.15, -0.1) is 0 Å². The third-order valence-electron chi connectivity index (χ3n) is 2.59. The van der Waals surface area contributed by atoms with E-state index in [-0.39, 0.29) is 11.1 Å². The highest BCUT2D eigenvalue weighted by molar-refractivity contribution is 9.10. The molecule has 0 saturated carbocycles. The highest BCUT2D eigenvalue weighted by atomic mass is 79.9. The first kappa shape index (κ1) is 14.9. The predicted octanol–water partition coefficient (Wildman–Crippen LogP) is 4.47. The van der Waals surface area contributed by atoms with E-state index in [1.54, 1.807) is 0 Å². The number of halogens is 3. The van der Waals surface area contributed by atoms with Gasteiger partial charge in [0.1, 0.15) is 11.6 Å². The third kappa shape index (κ3) is 4.26. The Morgan fingerprint density at radius 3 is 2.61 bits per heavy atom. The molecule has 0 radical (unpaired) electrons. The molecule has 98 valence electrons. The van der Waals surface area contributed by atoms with Crippen LogP contribution < -0.4 is 5.32 Å². The summed E-state index contributed by atoms with van der Waals surface area (Å²) in [6.07, 6.45) is 1.46. The largest absolute Gasteiger partial charge is 0.382 e. The Bertz CT molecular complexity index is 444. The molecule has 0 fully saturated rings. The lowest BCUT2D eigenvalue weighted by molar-refractivity contribution is 0.441. The van der Waals surface area contributed by atoms with Gasteiger partial charge in [0.15, 0.2) is 0 Å². The average molecular weight is 317 g/mol. The van der Waals surface area contributed by atoms with Gasteiger partial charge in [0.2, 0.25) is 0 Å². The second kappa shape index (κ2) is 6.14. The molecule has 2 nitrogen and oxygen atoms in total. The van der Waals surface area contributed by atoms with E-state index >= 15 is 0 Å². The van der Waals surface area contributed by atoms with Gasteiger partial charge in [-0.25, -0.2) is 8.78 Å². The van der Waals surface area contributed by atoms with Crippen molar-refractivity contribution in [1.29, 1.82) is 5.26 Å². The first-order valence-corrected chi connectivity index (χ1v) is 6.45. The predicted molar refractivity (Wildman–Crippen MR) is 71.2 cm³/mol. The summed E-state index contributed by atoms with van der Waals surface area (Å²) in [5.41, 5.74) is -0.119. The van der Waals surface area contributed by atoms with Crippen molar-refractivity contribution in [3.05, 3.63) is 28.2 Å². The minimum Gasteiger partial charge on any atom is -0.382 e. The van der Waals surface area contributed by atoms with Crippen LogP contribution in [0.4, 0.5) is 14.5 Å². The van der Waals surface area contributed by atoms with E-state index in [0.29, 0.717) is 11.0 Å². The third-order valence-corrected chi connectivity index (χ3v) is 3.22. The molecule has 1 aromatic carbocycles. The van der Waals surface area contributed by atoms with Crippen molar-refractivity contribution in [2.75, 3.05) is 11.9 Å². The number of hydrogen-bond donors (Lipinski definition) is 1. The fraction of sp³-hybridized carbons (Fsp3) is 0.462. The molecule has 1 N–H and O–H groups in total. The van der Waals surface area contributed by atoms with Gasteiger partial charge in [0.25, 0.3) is 0 Å². The average Bonchev–Trinajstić information content (AvgIpc) is 2.26. The Morgan fingerprint density at radius 2 is 2.06 bits per heavy atom. The molecule has 0 heterocycles. The molecule has 0 atom stereocenters. The number of rotatable bonds is 5. The van der Waals surface area contributed by atoms with Crippen LogP contribution >= 0.6 is 15.9 Å². The zero-order valence-electron chi connectivity index (χ0n) is 10.4. The molecule has 0 aromatic heterocycles.